The van der Waals surface area contributed by atoms with Crippen molar-refractivity contribution in [1.29, 1.82) is 0 Å². The third-order valence-corrected chi connectivity index (χ3v) is 5.37. The van der Waals surface area contributed by atoms with Gasteiger partial charge in [0.25, 0.3) is 0 Å². The Morgan fingerprint density at radius 1 is 0.935 bits per heavy atom. The maximum atomic E-state index is 6.53. The van der Waals surface area contributed by atoms with Crippen LogP contribution in [-0.4, -0.2) is 16.6 Å². The van der Waals surface area contributed by atoms with Gasteiger partial charge in [0.05, 0.1) is 24.2 Å². The number of imidazole rings is 1. The Morgan fingerprint density at radius 2 is 1.71 bits per heavy atom. The number of nitrogens with zero attached hydrogens (tertiary/aromatic N) is 1. The summed E-state index contributed by atoms with van der Waals surface area (Å²) in [7, 11) is 0. The predicted octanol–water partition coefficient (Wildman–Crippen LogP) is 6.14. The fourth-order valence-corrected chi connectivity index (χ4v) is 3.59. The minimum absolute atomic E-state index is 0.400. The topological polar surface area (TPSA) is 59.2 Å². The lowest BCUT2D eigenvalue weighted by molar-refractivity contribution is 0.269. The lowest BCUT2D eigenvalue weighted by Gasteiger charge is -2.15. The van der Waals surface area contributed by atoms with Crippen LogP contribution < -0.4 is 14.8 Å². The second-order valence-corrected chi connectivity index (χ2v) is 7.89. The zero-order chi connectivity index (χ0) is 21.6. The summed E-state index contributed by atoms with van der Waals surface area (Å²) >= 11 is 12.5. The number of hydrogen-bond acceptors (Lipinski definition) is 4. The molecule has 0 aliphatic rings. The lowest BCUT2D eigenvalue weighted by atomic mass is 10.2. The highest BCUT2D eigenvalue weighted by Gasteiger charge is 2.12. The highest BCUT2D eigenvalue weighted by atomic mass is 35.5. The Hall–Kier alpha value is -2.73. The van der Waals surface area contributed by atoms with E-state index in [2.05, 4.69) is 15.3 Å². The maximum absolute atomic E-state index is 6.53. The van der Waals surface area contributed by atoms with Gasteiger partial charge in [-0.1, -0.05) is 47.5 Å². The summed E-state index contributed by atoms with van der Waals surface area (Å²) in [6, 6.07) is 19.2. The van der Waals surface area contributed by atoms with E-state index in [1.807, 2.05) is 61.5 Å². The zero-order valence-electron chi connectivity index (χ0n) is 17.1. The molecular weight excluding hydrogens is 433 g/mol. The molecular formula is C24H23Cl2N3O2. The van der Waals surface area contributed by atoms with Gasteiger partial charge in [0, 0.05) is 22.7 Å². The summed E-state index contributed by atoms with van der Waals surface area (Å²) in [6.45, 7) is 4.05. The Labute approximate surface area is 191 Å². The minimum Gasteiger partial charge on any atom is -0.490 e. The molecule has 2 N–H and O–H groups in total. The van der Waals surface area contributed by atoms with E-state index < -0.39 is 0 Å². The smallest absolute Gasteiger partial charge is 0.163 e. The molecule has 7 heteroatoms. The molecule has 5 nitrogen and oxygen atoms in total. The van der Waals surface area contributed by atoms with Crippen molar-refractivity contribution in [1.82, 2.24) is 15.3 Å². The van der Waals surface area contributed by atoms with Gasteiger partial charge in [-0.25, -0.2) is 4.98 Å². The van der Waals surface area contributed by atoms with Crippen LogP contribution in [0.2, 0.25) is 10.0 Å². The number of halogens is 2. The molecule has 0 saturated heterocycles. The highest BCUT2D eigenvalue weighted by molar-refractivity contribution is 6.31. The molecule has 1 heterocycles. The molecule has 0 atom stereocenters. The van der Waals surface area contributed by atoms with Crippen LogP contribution in [0.5, 0.6) is 11.5 Å². The average molecular weight is 456 g/mol. The number of aromatic nitrogens is 2. The van der Waals surface area contributed by atoms with E-state index in [1.165, 1.54) is 0 Å². The molecule has 0 amide bonds. The van der Waals surface area contributed by atoms with Crippen LogP contribution in [0.15, 0.2) is 60.7 Å². The second kappa shape index (κ2) is 10.1. The molecule has 4 rings (SSSR count). The van der Waals surface area contributed by atoms with Crippen LogP contribution in [0.4, 0.5) is 0 Å². The molecule has 1 aromatic heterocycles. The van der Waals surface area contributed by atoms with Gasteiger partial charge in [-0.15, -0.1) is 0 Å². The fraction of sp³-hybridized carbons (Fsp3) is 0.208. The third-order valence-electron chi connectivity index (χ3n) is 4.77. The van der Waals surface area contributed by atoms with Crippen LogP contribution in [0.1, 0.15) is 23.9 Å². The van der Waals surface area contributed by atoms with Crippen molar-refractivity contribution in [3.05, 3.63) is 87.7 Å². The summed E-state index contributed by atoms with van der Waals surface area (Å²) in [6.07, 6.45) is 0. The third kappa shape index (κ3) is 5.50. The second-order valence-electron chi connectivity index (χ2n) is 7.04. The van der Waals surface area contributed by atoms with Crippen molar-refractivity contribution in [2.45, 2.75) is 26.6 Å². The number of ether oxygens (including phenoxy) is 2. The van der Waals surface area contributed by atoms with E-state index in [-0.39, 0.29) is 0 Å². The van der Waals surface area contributed by atoms with Gasteiger partial charge >= 0.3 is 0 Å². The zero-order valence-corrected chi connectivity index (χ0v) is 18.6. The van der Waals surface area contributed by atoms with Crippen molar-refractivity contribution >= 4 is 34.2 Å². The summed E-state index contributed by atoms with van der Waals surface area (Å²) in [4.78, 5) is 7.90. The van der Waals surface area contributed by atoms with Gasteiger partial charge in [-0.2, -0.15) is 0 Å². The van der Waals surface area contributed by atoms with Crippen molar-refractivity contribution < 1.29 is 9.47 Å². The number of H-pyrrole nitrogens is 1. The largest absolute Gasteiger partial charge is 0.490 e. The Kier molecular flexibility index (Phi) is 6.97. The molecule has 0 fully saturated rings. The normalized spacial score (nSPS) is 11.1. The molecule has 4 aromatic rings. The molecule has 0 aliphatic carbocycles. The number of benzene rings is 3. The summed E-state index contributed by atoms with van der Waals surface area (Å²) in [5.74, 6) is 2.16. The fourth-order valence-electron chi connectivity index (χ4n) is 3.24. The van der Waals surface area contributed by atoms with E-state index in [1.54, 1.807) is 6.07 Å². The SMILES string of the molecule is CCOc1cc(CNCc2nc3ccccc3[nH]2)c(Cl)cc1OCc1ccc(Cl)cc1. The summed E-state index contributed by atoms with van der Waals surface area (Å²) in [5.41, 5.74) is 3.93. The van der Waals surface area contributed by atoms with E-state index in [0.717, 1.165) is 28.0 Å². The van der Waals surface area contributed by atoms with Crippen LogP contribution in [0.3, 0.4) is 0 Å². The summed E-state index contributed by atoms with van der Waals surface area (Å²) in [5, 5.41) is 4.70. The summed E-state index contributed by atoms with van der Waals surface area (Å²) < 4.78 is 11.8. The molecule has 0 bridgehead atoms. The molecule has 3 aromatic carbocycles. The monoisotopic (exact) mass is 455 g/mol. The molecule has 0 radical (unpaired) electrons. The van der Waals surface area contributed by atoms with Gasteiger partial charge < -0.3 is 19.8 Å². The Morgan fingerprint density at radius 3 is 2.48 bits per heavy atom. The van der Waals surface area contributed by atoms with Crippen LogP contribution >= 0.6 is 23.2 Å². The van der Waals surface area contributed by atoms with Crippen molar-refractivity contribution in [2.75, 3.05) is 6.61 Å². The molecule has 0 aliphatic heterocycles. The average Bonchev–Trinajstić information content (AvgIpc) is 3.19. The maximum Gasteiger partial charge on any atom is 0.163 e. The van der Waals surface area contributed by atoms with Gasteiger partial charge in [-0.05, 0) is 48.4 Å². The number of nitrogens with one attached hydrogen (secondary N) is 2. The number of fused-ring (bicyclic) bond motifs is 1. The number of aromatic amines is 1. The molecule has 0 unspecified atom stereocenters. The number of para-hydroxylation sites is 2. The van der Waals surface area contributed by atoms with Gasteiger partial charge in [-0.3, -0.25) is 0 Å². The predicted molar refractivity (Wildman–Crippen MR) is 125 cm³/mol. The molecule has 0 spiro atoms. The van der Waals surface area contributed by atoms with Crippen molar-refractivity contribution in [3.63, 3.8) is 0 Å². The van der Waals surface area contributed by atoms with Crippen LogP contribution in [-0.2, 0) is 19.7 Å². The quantitative estimate of drug-likeness (QED) is 0.318. The first-order chi connectivity index (χ1) is 15.1. The van der Waals surface area contributed by atoms with E-state index in [9.17, 15) is 0 Å². The van der Waals surface area contributed by atoms with E-state index in [4.69, 9.17) is 32.7 Å². The van der Waals surface area contributed by atoms with Gasteiger partial charge in [0.1, 0.15) is 12.4 Å². The van der Waals surface area contributed by atoms with Gasteiger partial charge in [0.15, 0.2) is 11.5 Å². The highest BCUT2D eigenvalue weighted by Crippen LogP contribution is 2.34. The van der Waals surface area contributed by atoms with E-state index in [0.29, 0.717) is 47.8 Å². The number of hydrogen-bond donors (Lipinski definition) is 2. The minimum atomic E-state index is 0.400. The Bertz CT molecular complexity index is 1130. The van der Waals surface area contributed by atoms with Crippen LogP contribution in [0.25, 0.3) is 11.0 Å². The van der Waals surface area contributed by atoms with Gasteiger partial charge in [0.2, 0.25) is 0 Å². The van der Waals surface area contributed by atoms with E-state index >= 15 is 0 Å². The van der Waals surface area contributed by atoms with Crippen molar-refractivity contribution in [2.24, 2.45) is 0 Å². The first kappa shape index (κ1) is 21.5. The molecule has 160 valence electrons. The molecule has 0 saturated carbocycles. The van der Waals surface area contributed by atoms with Crippen LogP contribution in [0, 0.1) is 0 Å². The molecule has 31 heavy (non-hydrogen) atoms. The first-order valence-corrected chi connectivity index (χ1v) is 10.8. The standard InChI is InChI=1S/C24H23Cl2N3O2/c1-2-30-22-11-17(13-27-14-24-28-20-5-3-4-6-21(20)29-24)19(26)12-23(22)31-15-16-7-9-18(25)10-8-16/h3-12,27H,2,13-15H2,1H3,(H,28,29). The number of rotatable bonds is 9. The first-order valence-electron chi connectivity index (χ1n) is 10.1. The Balaban J connectivity index is 1.42. The lowest BCUT2D eigenvalue weighted by Crippen LogP contribution is -2.14. The van der Waals surface area contributed by atoms with Crippen molar-refractivity contribution in [3.8, 4) is 11.5 Å².